The second kappa shape index (κ2) is 5.22. The van der Waals surface area contributed by atoms with E-state index in [9.17, 15) is 0 Å². The molecule has 0 unspecified atom stereocenters. The Balaban J connectivity index is 2.39. The molecule has 0 aliphatic carbocycles. The van der Waals surface area contributed by atoms with Crippen LogP contribution in [0.1, 0.15) is 0 Å². The van der Waals surface area contributed by atoms with Gasteiger partial charge in [0.15, 0.2) is 0 Å². The third-order valence-corrected chi connectivity index (χ3v) is 1.56. The minimum absolute atomic E-state index is 0.535. The van der Waals surface area contributed by atoms with Gasteiger partial charge in [-0.05, 0) is 12.2 Å². The van der Waals surface area contributed by atoms with Crippen LogP contribution in [-0.4, -0.2) is 13.1 Å². The first-order valence-electron chi connectivity index (χ1n) is 4.26. The lowest BCUT2D eigenvalue weighted by Crippen LogP contribution is -2.26. The molecule has 0 aromatic heterocycles. The summed E-state index contributed by atoms with van der Waals surface area (Å²) in [4.78, 5) is 0. The van der Waals surface area contributed by atoms with Crippen LogP contribution in [0.2, 0.25) is 0 Å². The Bertz CT molecular complexity index is 261. The van der Waals surface area contributed by atoms with Crippen LogP contribution >= 0.6 is 0 Å². The van der Waals surface area contributed by atoms with E-state index in [2.05, 4.69) is 17.2 Å². The van der Waals surface area contributed by atoms with E-state index in [1.807, 2.05) is 30.4 Å². The van der Waals surface area contributed by atoms with Gasteiger partial charge in [0.2, 0.25) is 0 Å². The second-order valence-corrected chi connectivity index (χ2v) is 2.68. The van der Waals surface area contributed by atoms with Gasteiger partial charge in [-0.25, -0.2) is 0 Å². The average molecular weight is 177 g/mol. The van der Waals surface area contributed by atoms with Gasteiger partial charge in [-0.2, -0.15) is 0 Å². The summed E-state index contributed by atoms with van der Waals surface area (Å²) >= 11 is 0. The third-order valence-electron chi connectivity index (χ3n) is 1.56. The molecule has 0 bridgehead atoms. The van der Waals surface area contributed by atoms with Gasteiger partial charge < -0.3 is 16.4 Å². The molecule has 1 aliphatic rings. The smallest absolute Gasteiger partial charge is 0.103 e. The second-order valence-electron chi connectivity index (χ2n) is 2.68. The van der Waals surface area contributed by atoms with E-state index in [4.69, 9.17) is 5.73 Å². The quantitative estimate of drug-likeness (QED) is 0.551. The highest BCUT2D eigenvalue weighted by atomic mass is 15.1. The first kappa shape index (κ1) is 9.61. The fourth-order valence-electron chi connectivity index (χ4n) is 0.971. The molecule has 0 spiro atoms. The van der Waals surface area contributed by atoms with Crippen molar-refractivity contribution >= 4 is 0 Å². The van der Waals surface area contributed by atoms with Gasteiger partial charge >= 0.3 is 0 Å². The summed E-state index contributed by atoms with van der Waals surface area (Å²) in [5.74, 6) is 0.967. The molecule has 0 fully saturated rings. The van der Waals surface area contributed by atoms with Crippen molar-refractivity contribution in [2.45, 2.75) is 0 Å². The van der Waals surface area contributed by atoms with Gasteiger partial charge in [0.05, 0.1) is 0 Å². The summed E-state index contributed by atoms with van der Waals surface area (Å²) in [6.45, 7) is 5.22. The lowest BCUT2D eigenvalue weighted by molar-refractivity contribution is 0.794. The number of hydrogen-bond donors (Lipinski definition) is 3. The minimum atomic E-state index is 0.535. The molecular formula is C10H15N3. The predicted molar refractivity (Wildman–Crippen MR) is 55.7 cm³/mol. The average Bonchev–Trinajstić information content (AvgIpc) is 2.16. The molecule has 1 heterocycles. The molecule has 3 nitrogen and oxygen atoms in total. The molecule has 13 heavy (non-hydrogen) atoms. The van der Waals surface area contributed by atoms with Gasteiger partial charge in [-0.15, -0.1) is 0 Å². The lowest BCUT2D eigenvalue weighted by Gasteiger charge is -2.13. The summed E-state index contributed by atoms with van der Waals surface area (Å²) < 4.78 is 0. The highest BCUT2D eigenvalue weighted by molar-refractivity contribution is 5.23. The Morgan fingerprint density at radius 3 is 3.23 bits per heavy atom. The highest BCUT2D eigenvalue weighted by Crippen LogP contribution is 1.96. The first-order chi connectivity index (χ1) is 6.33. The summed E-state index contributed by atoms with van der Waals surface area (Å²) in [5, 5.41) is 6.28. The minimum Gasteiger partial charge on any atom is -0.368 e. The third kappa shape index (κ3) is 3.62. The predicted octanol–water partition coefficient (Wildman–Crippen LogP) is 0.605. The number of nitrogens with one attached hydrogen (secondary N) is 2. The maximum Gasteiger partial charge on any atom is 0.103 e. The Morgan fingerprint density at radius 2 is 2.62 bits per heavy atom. The van der Waals surface area contributed by atoms with Gasteiger partial charge in [-0.3, -0.25) is 0 Å². The van der Waals surface area contributed by atoms with Crippen molar-refractivity contribution in [1.82, 2.24) is 10.6 Å². The van der Waals surface area contributed by atoms with Crippen LogP contribution in [0.5, 0.6) is 0 Å². The van der Waals surface area contributed by atoms with Gasteiger partial charge in [0, 0.05) is 18.8 Å². The Kier molecular flexibility index (Phi) is 3.85. The van der Waals surface area contributed by atoms with E-state index in [-0.39, 0.29) is 0 Å². The highest BCUT2D eigenvalue weighted by Gasteiger charge is 1.96. The van der Waals surface area contributed by atoms with Crippen LogP contribution in [-0.2, 0) is 0 Å². The van der Waals surface area contributed by atoms with Crippen LogP contribution in [0.25, 0.3) is 0 Å². The van der Waals surface area contributed by atoms with Crippen molar-refractivity contribution in [2.24, 2.45) is 5.73 Å². The molecular weight excluding hydrogens is 162 g/mol. The lowest BCUT2D eigenvalue weighted by atomic mass is 10.3. The van der Waals surface area contributed by atoms with E-state index in [0.717, 1.165) is 18.1 Å². The van der Waals surface area contributed by atoms with Crippen molar-refractivity contribution in [3.8, 4) is 0 Å². The zero-order chi connectivity index (χ0) is 9.52. The molecule has 0 amide bonds. The molecule has 0 aromatic rings. The molecule has 0 atom stereocenters. The van der Waals surface area contributed by atoms with Gasteiger partial charge in [0.1, 0.15) is 5.82 Å². The van der Waals surface area contributed by atoms with Gasteiger partial charge in [-0.1, -0.05) is 24.8 Å². The monoisotopic (exact) mass is 177 g/mol. The topological polar surface area (TPSA) is 50.1 Å². The molecule has 3 heteroatoms. The summed E-state index contributed by atoms with van der Waals surface area (Å²) in [6, 6.07) is 0. The van der Waals surface area contributed by atoms with Crippen LogP contribution in [0.3, 0.4) is 0 Å². The number of dihydropyridines is 1. The first-order valence-corrected chi connectivity index (χ1v) is 4.26. The number of nitrogens with two attached hydrogens (primary N) is 1. The van der Waals surface area contributed by atoms with E-state index in [0.29, 0.717) is 6.54 Å². The zero-order valence-electron chi connectivity index (χ0n) is 7.59. The fourth-order valence-corrected chi connectivity index (χ4v) is 0.971. The molecule has 0 radical (unpaired) electrons. The van der Waals surface area contributed by atoms with E-state index >= 15 is 0 Å². The largest absolute Gasteiger partial charge is 0.368 e. The molecule has 0 saturated heterocycles. The number of rotatable bonds is 4. The molecule has 1 rings (SSSR count). The normalized spacial score (nSPS) is 15.3. The summed E-state index contributed by atoms with van der Waals surface area (Å²) in [6.07, 6.45) is 9.72. The van der Waals surface area contributed by atoms with Crippen molar-refractivity contribution in [2.75, 3.05) is 13.1 Å². The van der Waals surface area contributed by atoms with Crippen LogP contribution in [0.4, 0.5) is 0 Å². The Labute approximate surface area is 78.7 Å². The van der Waals surface area contributed by atoms with Crippen molar-refractivity contribution < 1.29 is 0 Å². The summed E-state index contributed by atoms with van der Waals surface area (Å²) in [5.41, 5.74) is 6.15. The standard InChI is InChI=1S/C10H15N3/c1-9(5-4-7-11)13-10-6-2-3-8-12-10/h2-6,12-13H,1,7-8,11H2/b5-4+. The SMILES string of the molecule is C=C(/C=C/CN)NC1=CC=CCN1. The van der Waals surface area contributed by atoms with E-state index < -0.39 is 0 Å². The van der Waals surface area contributed by atoms with Crippen molar-refractivity contribution in [1.29, 1.82) is 0 Å². The van der Waals surface area contributed by atoms with Crippen molar-refractivity contribution in [3.05, 3.63) is 48.5 Å². The van der Waals surface area contributed by atoms with Crippen LogP contribution in [0.15, 0.2) is 48.5 Å². The zero-order valence-corrected chi connectivity index (χ0v) is 7.59. The summed E-state index contributed by atoms with van der Waals surface area (Å²) in [7, 11) is 0. The number of hydrogen-bond acceptors (Lipinski definition) is 3. The molecule has 0 saturated carbocycles. The molecule has 1 aliphatic heterocycles. The fraction of sp³-hybridized carbons (Fsp3) is 0.200. The maximum absolute atomic E-state index is 5.31. The Hall–Kier alpha value is -1.48. The van der Waals surface area contributed by atoms with Crippen molar-refractivity contribution in [3.63, 3.8) is 0 Å². The maximum atomic E-state index is 5.31. The molecule has 0 aromatic carbocycles. The Morgan fingerprint density at radius 1 is 1.77 bits per heavy atom. The van der Waals surface area contributed by atoms with E-state index in [1.54, 1.807) is 0 Å². The number of allylic oxidation sites excluding steroid dienone is 3. The molecule has 70 valence electrons. The van der Waals surface area contributed by atoms with Crippen LogP contribution < -0.4 is 16.4 Å². The molecule has 4 N–H and O–H groups in total. The van der Waals surface area contributed by atoms with Crippen LogP contribution in [0, 0.1) is 0 Å². The van der Waals surface area contributed by atoms with Gasteiger partial charge in [0.25, 0.3) is 0 Å². The van der Waals surface area contributed by atoms with E-state index in [1.165, 1.54) is 0 Å².